The summed E-state index contributed by atoms with van der Waals surface area (Å²) in [7, 11) is 0. The predicted molar refractivity (Wildman–Crippen MR) is 111 cm³/mol. The summed E-state index contributed by atoms with van der Waals surface area (Å²) in [5.74, 6) is 0.300. The van der Waals surface area contributed by atoms with Crippen LogP contribution in [-0.2, 0) is 9.59 Å². The van der Waals surface area contributed by atoms with Crippen LogP contribution >= 0.6 is 15.9 Å². The third-order valence-corrected chi connectivity index (χ3v) is 6.91. The summed E-state index contributed by atoms with van der Waals surface area (Å²) in [5.41, 5.74) is 0.0694. The van der Waals surface area contributed by atoms with Crippen molar-refractivity contribution in [3.8, 4) is 11.5 Å². The molecule has 0 saturated carbocycles. The zero-order chi connectivity index (χ0) is 20.6. The smallest absolute Gasteiger partial charge is 0.242 e. The Balaban J connectivity index is 1.60. The molecular weight excluding hydrogens is 436 g/mol. The molecule has 3 atom stereocenters. The second kappa shape index (κ2) is 6.06. The molecule has 0 bridgehead atoms. The number of fused-ring (bicyclic) bond motifs is 2. The monoisotopic (exact) mass is 456 g/mol. The largest absolute Gasteiger partial charge is 0.454 e. The molecule has 7 heteroatoms. The van der Waals surface area contributed by atoms with Crippen LogP contribution in [0.15, 0.2) is 46.9 Å². The van der Waals surface area contributed by atoms with E-state index in [1.54, 1.807) is 18.2 Å². The summed E-state index contributed by atoms with van der Waals surface area (Å²) in [4.78, 5) is 28.6. The minimum atomic E-state index is -0.898. The molecule has 0 aromatic heterocycles. The number of carbonyl (C=O) groups is 2. The molecule has 2 aromatic carbocycles. The van der Waals surface area contributed by atoms with Crippen LogP contribution in [0.1, 0.15) is 32.4 Å². The maximum atomic E-state index is 13.7. The Kier molecular flexibility index (Phi) is 3.89. The zero-order valence-electron chi connectivity index (χ0n) is 16.4. The Hall–Kier alpha value is -2.38. The van der Waals surface area contributed by atoms with Gasteiger partial charge < -0.3 is 14.8 Å². The molecule has 2 amide bonds. The minimum Gasteiger partial charge on any atom is -0.454 e. The second-order valence-electron chi connectivity index (χ2n) is 8.58. The molecule has 1 N–H and O–H groups in total. The van der Waals surface area contributed by atoms with Gasteiger partial charge in [-0.2, -0.15) is 0 Å². The number of anilines is 1. The van der Waals surface area contributed by atoms with E-state index in [0.717, 1.165) is 10.0 Å². The van der Waals surface area contributed by atoms with Gasteiger partial charge in [0, 0.05) is 22.1 Å². The Bertz CT molecular complexity index is 1040. The number of hydrogen-bond donors (Lipinski definition) is 1. The van der Waals surface area contributed by atoms with E-state index in [1.165, 1.54) is 4.90 Å². The van der Waals surface area contributed by atoms with Gasteiger partial charge in [0.15, 0.2) is 11.5 Å². The average Bonchev–Trinajstić information content (AvgIpc) is 3.28. The molecule has 2 fully saturated rings. The van der Waals surface area contributed by atoms with Gasteiger partial charge in [0.2, 0.25) is 18.6 Å². The number of imide groups is 1. The van der Waals surface area contributed by atoms with Crippen molar-refractivity contribution < 1.29 is 19.1 Å². The molecule has 2 saturated heterocycles. The first-order valence-corrected chi connectivity index (χ1v) is 10.3. The van der Waals surface area contributed by atoms with E-state index in [9.17, 15) is 9.59 Å². The van der Waals surface area contributed by atoms with Gasteiger partial charge in [-0.25, -0.2) is 4.90 Å². The minimum absolute atomic E-state index is 0.142. The highest BCUT2D eigenvalue weighted by Crippen LogP contribution is 2.58. The predicted octanol–water partition coefficient (Wildman–Crippen LogP) is 3.80. The SMILES string of the molecule is CC1(C)NC(c2ccc(Br)cc2)C2(C)C(=O)N(c3ccc4c(c3)OCO4)C(=O)C12. The Morgan fingerprint density at radius 2 is 1.72 bits per heavy atom. The van der Waals surface area contributed by atoms with E-state index < -0.39 is 16.9 Å². The summed E-state index contributed by atoms with van der Waals surface area (Å²) >= 11 is 3.46. The van der Waals surface area contributed by atoms with Crippen molar-refractivity contribution in [2.24, 2.45) is 11.3 Å². The molecule has 0 aliphatic carbocycles. The van der Waals surface area contributed by atoms with Gasteiger partial charge in [-0.05, 0) is 50.6 Å². The number of carbonyl (C=O) groups excluding carboxylic acids is 2. The quantitative estimate of drug-likeness (QED) is 0.696. The number of ether oxygens (including phenoxy) is 2. The molecule has 6 nitrogen and oxygen atoms in total. The topological polar surface area (TPSA) is 67.9 Å². The lowest BCUT2D eigenvalue weighted by Crippen LogP contribution is -2.45. The first-order chi connectivity index (χ1) is 13.7. The summed E-state index contributed by atoms with van der Waals surface area (Å²) in [6.45, 7) is 6.02. The fourth-order valence-corrected chi connectivity index (χ4v) is 5.42. The van der Waals surface area contributed by atoms with Crippen molar-refractivity contribution in [1.82, 2.24) is 5.32 Å². The van der Waals surface area contributed by atoms with Crippen LogP contribution in [-0.4, -0.2) is 24.1 Å². The van der Waals surface area contributed by atoms with Crippen LogP contribution < -0.4 is 19.7 Å². The summed E-state index contributed by atoms with van der Waals surface area (Å²) in [5, 5.41) is 3.55. The van der Waals surface area contributed by atoms with E-state index in [4.69, 9.17) is 9.47 Å². The molecule has 0 spiro atoms. The first-order valence-electron chi connectivity index (χ1n) is 9.55. The normalized spacial score (nSPS) is 29.4. The maximum absolute atomic E-state index is 13.7. The van der Waals surface area contributed by atoms with Gasteiger partial charge in [-0.15, -0.1) is 0 Å². The standard InChI is InChI=1S/C22H21BrN2O4/c1-21(2)17-19(26)25(14-8-9-15-16(10-14)29-11-28-15)20(27)22(17,3)18(24-21)12-4-6-13(23)7-5-12/h4-10,17-18,24H,11H2,1-3H3. The van der Waals surface area contributed by atoms with Crippen molar-refractivity contribution >= 4 is 33.4 Å². The average molecular weight is 457 g/mol. The van der Waals surface area contributed by atoms with Gasteiger partial charge in [-0.3, -0.25) is 9.59 Å². The Labute approximate surface area is 177 Å². The molecule has 3 unspecified atom stereocenters. The highest BCUT2D eigenvalue weighted by molar-refractivity contribution is 9.10. The van der Waals surface area contributed by atoms with Crippen LogP contribution in [0, 0.1) is 11.3 Å². The van der Waals surface area contributed by atoms with Crippen molar-refractivity contribution in [3.63, 3.8) is 0 Å². The highest BCUT2D eigenvalue weighted by atomic mass is 79.9. The van der Waals surface area contributed by atoms with E-state index in [-0.39, 0.29) is 24.6 Å². The van der Waals surface area contributed by atoms with Gasteiger partial charge in [0.25, 0.3) is 0 Å². The van der Waals surface area contributed by atoms with E-state index in [1.807, 2.05) is 45.0 Å². The molecule has 3 aliphatic heterocycles. The number of nitrogens with one attached hydrogen (secondary N) is 1. The van der Waals surface area contributed by atoms with Gasteiger partial charge in [-0.1, -0.05) is 28.1 Å². The Morgan fingerprint density at radius 3 is 2.45 bits per heavy atom. The summed E-state index contributed by atoms with van der Waals surface area (Å²) in [6, 6.07) is 12.8. The summed E-state index contributed by atoms with van der Waals surface area (Å²) < 4.78 is 11.8. The molecule has 3 aliphatic rings. The molecule has 5 rings (SSSR count). The van der Waals surface area contributed by atoms with Crippen molar-refractivity contribution in [1.29, 1.82) is 0 Å². The number of halogens is 1. The van der Waals surface area contributed by atoms with Gasteiger partial charge >= 0.3 is 0 Å². The Morgan fingerprint density at radius 1 is 1.03 bits per heavy atom. The molecule has 2 aromatic rings. The van der Waals surface area contributed by atoms with Crippen LogP contribution in [0.4, 0.5) is 5.69 Å². The fourth-order valence-electron chi connectivity index (χ4n) is 5.16. The number of rotatable bonds is 2. The number of amides is 2. The van der Waals surface area contributed by atoms with Crippen LogP contribution in [0.5, 0.6) is 11.5 Å². The van der Waals surface area contributed by atoms with Crippen LogP contribution in [0.3, 0.4) is 0 Å². The van der Waals surface area contributed by atoms with E-state index >= 15 is 0 Å². The van der Waals surface area contributed by atoms with E-state index in [0.29, 0.717) is 17.2 Å². The first kappa shape index (κ1) is 18.6. The maximum Gasteiger partial charge on any atom is 0.242 e. The molecule has 0 radical (unpaired) electrons. The van der Waals surface area contributed by atoms with Crippen molar-refractivity contribution in [2.75, 3.05) is 11.7 Å². The third kappa shape index (κ3) is 2.50. The second-order valence-corrected chi connectivity index (χ2v) is 9.50. The third-order valence-electron chi connectivity index (χ3n) is 6.39. The van der Waals surface area contributed by atoms with Gasteiger partial charge in [0.1, 0.15) is 0 Å². The fraction of sp³-hybridized carbons (Fsp3) is 0.364. The number of nitrogens with zero attached hydrogens (tertiary/aromatic N) is 1. The summed E-state index contributed by atoms with van der Waals surface area (Å²) in [6.07, 6.45) is 0. The lowest BCUT2D eigenvalue weighted by atomic mass is 9.70. The number of hydrogen-bond acceptors (Lipinski definition) is 5. The molecule has 150 valence electrons. The zero-order valence-corrected chi connectivity index (χ0v) is 17.9. The van der Waals surface area contributed by atoms with Crippen molar-refractivity contribution in [3.05, 3.63) is 52.5 Å². The van der Waals surface area contributed by atoms with Gasteiger partial charge in [0.05, 0.1) is 17.0 Å². The molecule has 29 heavy (non-hydrogen) atoms. The molecule has 3 heterocycles. The highest BCUT2D eigenvalue weighted by Gasteiger charge is 2.69. The lowest BCUT2D eigenvalue weighted by molar-refractivity contribution is -0.126. The number of benzene rings is 2. The van der Waals surface area contributed by atoms with Crippen molar-refractivity contribution in [2.45, 2.75) is 32.4 Å². The van der Waals surface area contributed by atoms with E-state index in [2.05, 4.69) is 21.2 Å². The molecular formula is C22H21BrN2O4. The van der Waals surface area contributed by atoms with Crippen LogP contribution in [0.2, 0.25) is 0 Å². The van der Waals surface area contributed by atoms with Crippen LogP contribution in [0.25, 0.3) is 0 Å². The lowest BCUT2D eigenvalue weighted by Gasteiger charge is -2.29.